The van der Waals surface area contributed by atoms with Crippen molar-refractivity contribution in [1.29, 1.82) is 0 Å². The number of nitrogens with zero attached hydrogens (tertiary/aromatic N) is 6. The number of amides is 1. The lowest BCUT2D eigenvalue weighted by atomic mass is 9.97. The topological polar surface area (TPSA) is 80.3 Å². The lowest BCUT2D eigenvalue weighted by Crippen LogP contribution is -2.44. The highest BCUT2D eigenvalue weighted by molar-refractivity contribution is 6.34. The Bertz CT molecular complexity index is 1100. The zero-order valence-corrected chi connectivity index (χ0v) is 17.2. The van der Waals surface area contributed by atoms with Crippen LogP contribution in [0.2, 0.25) is 5.02 Å². The third-order valence-electron chi connectivity index (χ3n) is 5.81. The third-order valence-corrected chi connectivity index (χ3v) is 6.13. The summed E-state index contributed by atoms with van der Waals surface area (Å²) in [4.78, 5) is 26.2. The first kappa shape index (κ1) is 18.3. The van der Waals surface area contributed by atoms with Gasteiger partial charge in [0.15, 0.2) is 0 Å². The number of rotatable bonds is 4. The summed E-state index contributed by atoms with van der Waals surface area (Å²) in [6.45, 7) is 5.47. The van der Waals surface area contributed by atoms with Crippen molar-refractivity contribution < 1.29 is 9.32 Å². The van der Waals surface area contributed by atoms with E-state index in [1.807, 2.05) is 28.6 Å². The van der Waals surface area contributed by atoms with Crippen LogP contribution >= 0.6 is 11.6 Å². The van der Waals surface area contributed by atoms with E-state index in [-0.39, 0.29) is 11.9 Å². The highest BCUT2D eigenvalue weighted by Crippen LogP contribution is 2.44. The quantitative estimate of drug-likeness (QED) is 0.654. The average Bonchev–Trinajstić information content (AvgIpc) is 3.25. The van der Waals surface area contributed by atoms with Crippen LogP contribution in [0.4, 0.5) is 0 Å². The highest BCUT2D eigenvalue weighted by Gasteiger charge is 2.43. The van der Waals surface area contributed by atoms with E-state index in [0.29, 0.717) is 47.1 Å². The molecule has 4 heterocycles. The van der Waals surface area contributed by atoms with Crippen LogP contribution in [-0.2, 0) is 6.54 Å². The molecule has 150 valence electrons. The van der Waals surface area contributed by atoms with E-state index in [4.69, 9.17) is 16.1 Å². The molecule has 2 aliphatic rings. The van der Waals surface area contributed by atoms with Gasteiger partial charge >= 0.3 is 0 Å². The van der Waals surface area contributed by atoms with Gasteiger partial charge in [0.1, 0.15) is 12.0 Å². The summed E-state index contributed by atoms with van der Waals surface area (Å²) < 4.78 is 7.41. The Balaban J connectivity index is 1.60. The Morgan fingerprint density at radius 1 is 1.38 bits per heavy atom. The zero-order chi connectivity index (χ0) is 20.3. The SMILES string of the molecule is CC(C)N(C)Cc1nc(-c2ncn3c2[C@@H]2CCN2C(=O)c2c(Cl)cccc2-3)no1. The van der Waals surface area contributed by atoms with Crippen LogP contribution < -0.4 is 0 Å². The lowest BCUT2D eigenvalue weighted by Gasteiger charge is -2.39. The van der Waals surface area contributed by atoms with E-state index in [0.717, 1.165) is 17.8 Å². The Labute approximate surface area is 173 Å². The fraction of sp³-hybridized carbons (Fsp3) is 0.400. The van der Waals surface area contributed by atoms with E-state index in [2.05, 4.69) is 33.9 Å². The van der Waals surface area contributed by atoms with Gasteiger partial charge in [-0.3, -0.25) is 14.3 Å². The first-order valence-corrected chi connectivity index (χ1v) is 10.0. The molecule has 1 amide bonds. The molecule has 1 atom stereocenters. The van der Waals surface area contributed by atoms with Crippen LogP contribution in [-0.4, -0.2) is 55.0 Å². The predicted octanol–water partition coefficient (Wildman–Crippen LogP) is 3.32. The molecule has 0 aliphatic carbocycles. The van der Waals surface area contributed by atoms with E-state index in [1.54, 1.807) is 12.4 Å². The Morgan fingerprint density at radius 2 is 2.21 bits per heavy atom. The number of carbonyl (C=O) groups excluding carboxylic acids is 1. The van der Waals surface area contributed by atoms with E-state index in [1.165, 1.54) is 0 Å². The number of fused-ring (bicyclic) bond motifs is 5. The molecule has 1 aromatic carbocycles. The molecule has 0 N–H and O–H groups in total. The monoisotopic (exact) mass is 412 g/mol. The molecule has 3 aromatic rings. The molecule has 8 nitrogen and oxygen atoms in total. The van der Waals surface area contributed by atoms with E-state index >= 15 is 0 Å². The summed E-state index contributed by atoms with van der Waals surface area (Å²) in [6, 6.07) is 5.76. The second-order valence-electron chi connectivity index (χ2n) is 7.81. The van der Waals surface area contributed by atoms with Gasteiger partial charge in [0, 0.05) is 12.6 Å². The van der Waals surface area contributed by atoms with Crippen molar-refractivity contribution in [3.63, 3.8) is 0 Å². The van der Waals surface area contributed by atoms with Crippen LogP contribution in [0.1, 0.15) is 48.3 Å². The van der Waals surface area contributed by atoms with Gasteiger partial charge in [-0.2, -0.15) is 4.98 Å². The van der Waals surface area contributed by atoms with E-state index in [9.17, 15) is 4.79 Å². The lowest BCUT2D eigenvalue weighted by molar-refractivity contribution is 0.0461. The maximum absolute atomic E-state index is 13.1. The molecule has 2 aliphatic heterocycles. The molecule has 1 fully saturated rings. The fourth-order valence-corrected chi connectivity index (χ4v) is 4.09. The van der Waals surface area contributed by atoms with Crippen molar-refractivity contribution in [3.05, 3.63) is 46.7 Å². The summed E-state index contributed by atoms with van der Waals surface area (Å²) in [6.07, 6.45) is 2.57. The van der Waals surface area contributed by atoms with Gasteiger partial charge in [-0.15, -0.1) is 0 Å². The molecule has 2 aromatic heterocycles. The Kier molecular flexibility index (Phi) is 4.22. The Hall–Kier alpha value is -2.71. The van der Waals surface area contributed by atoms with E-state index < -0.39 is 0 Å². The normalized spacial score (nSPS) is 17.8. The highest BCUT2D eigenvalue weighted by atomic mass is 35.5. The fourth-order valence-electron chi connectivity index (χ4n) is 3.84. The second-order valence-corrected chi connectivity index (χ2v) is 8.21. The minimum atomic E-state index is -0.0799. The largest absolute Gasteiger partial charge is 0.337 e. The molecule has 0 bridgehead atoms. The van der Waals surface area contributed by atoms with Gasteiger partial charge in [0.05, 0.1) is 34.6 Å². The summed E-state index contributed by atoms with van der Waals surface area (Å²) in [5.41, 5.74) is 2.78. The zero-order valence-electron chi connectivity index (χ0n) is 16.5. The number of hydrogen-bond acceptors (Lipinski definition) is 6. The number of benzene rings is 1. The smallest absolute Gasteiger partial charge is 0.258 e. The van der Waals surface area contributed by atoms with Crippen molar-refractivity contribution in [2.75, 3.05) is 13.6 Å². The van der Waals surface area contributed by atoms with Gasteiger partial charge in [0.2, 0.25) is 11.7 Å². The molecule has 29 heavy (non-hydrogen) atoms. The van der Waals surface area contributed by atoms with Crippen LogP contribution in [0.3, 0.4) is 0 Å². The van der Waals surface area contributed by atoms with Crippen LogP contribution in [0, 0.1) is 0 Å². The molecular weight excluding hydrogens is 392 g/mol. The Morgan fingerprint density at radius 3 is 2.93 bits per heavy atom. The first-order chi connectivity index (χ1) is 14.0. The number of aromatic nitrogens is 4. The molecule has 0 spiro atoms. The van der Waals surface area contributed by atoms with Gasteiger partial charge < -0.3 is 9.42 Å². The number of imidazole rings is 1. The maximum Gasteiger partial charge on any atom is 0.258 e. The third kappa shape index (κ3) is 2.78. The maximum atomic E-state index is 13.1. The first-order valence-electron chi connectivity index (χ1n) is 9.66. The minimum absolute atomic E-state index is 0.0520. The molecule has 5 rings (SSSR count). The summed E-state index contributed by atoms with van der Waals surface area (Å²) in [5, 5.41) is 4.61. The van der Waals surface area contributed by atoms with Gasteiger partial charge in [-0.25, -0.2) is 4.98 Å². The molecule has 0 unspecified atom stereocenters. The average molecular weight is 413 g/mol. The predicted molar refractivity (Wildman–Crippen MR) is 107 cm³/mol. The van der Waals surface area contributed by atoms with Crippen molar-refractivity contribution in [3.8, 4) is 17.2 Å². The molecule has 0 radical (unpaired) electrons. The molecule has 0 saturated carbocycles. The second kappa shape index (κ2) is 6.67. The van der Waals surface area contributed by atoms with Crippen molar-refractivity contribution in [2.45, 2.75) is 38.9 Å². The molecular formula is C20H21ClN6O2. The van der Waals surface area contributed by atoms with Crippen molar-refractivity contribution >= 4 is 17.5 Å². The van der Waals surface area contributed by atoms with Crippen LogP contribution in [0.5, 0.6) is 0 Å². The van der Waals surface area contributed by atoms with Crippen LogP contribution in [0.15, 0.2) is 29.0 Å². The number of halogens is 1. The minimum Gasteiger partial charge on any atom is -0.337 e. The van der Waals surface area contributed by atoms with Crippen molar-refractivity contribution in [1.82, 2.24) is 29.5 Å². The summed E-state index contributed by atoms with van der Waals surface area (Å²) >= 11 is 6.39. The summed E-state index contributed by atoms with van der Waals surface area (Å²) in [5.74, 6) is 0.927. The van der Waals surface area contributed by atoms with Gasteiger partial charge in [-0.05, 0) is 39.4 Å². The molecule has 9 heteroatoms. The summed E-state index contributed by atoms with van der Waals surface area (Å²) in [7, 11) is 2.01. The van der Waals surface area contributed by atoms with Crippen molar-refractivity contribution in [2.24, 2.45) is 0 Å². The standard InChI is InChI=1S/C20H21ClN6O2/c1-11(2)25(3)9-15-23-19(24-29-15)17-18-14-7-8-26(14)20(28)16-12(21)5-4-6-13(16)27(18)10-22-17/h4-6,10-11,14H,7-9H2,1-3H3/t14-/m0/s1. The van der Waals surface area contributed by atoms with Gasteiger partial charge in [0.25, 0.3) is 5.91 Å². The van der Waals surface area contributed by atoms with Gasteiger partial charge in [-0.1, -0.05) is 22.8 Å². The molecule has 1 saturated heterocycles. The number of carbonyl (C=O) groups is 1. The van der Waals surface area contributed by atoms with Crippen LogP contribution in [0.25, 0.3) is 17.2 Å². The number of hydrogen-bond donors (Lipinski definition) is 0.